The van der Waals surface area contributed by atoms with Crippen LogP contribution in [0, 0.1) is 16.7 Å². The lowest BCUT2D eigenvalue weighted by Gasteiger charge is -2.42. The second-order valence-electron chi connectivity index (χ2n) is 11.2. The zero-order valence-electron chi connectivity index (χ0n) is 24.0. The number of rotatable bonds is 8. The summed E-state index contributed by atoms with van der Waals surface area (Å²) in [7, 11) is 0. The van der Waals surface area contributed by atoms with Crippen molar-refractivity contribution in [2.24, 2.45) is 16.9 Å². The van der Waals surface area contributed by atoms with Gasteiger partial charge in [0.05, 0.1) is 34.6 Å². The van der Waals surface area contributed by atoms with Gasteiger partial charge in [0.2, 0.25) is 11.0 Å². The topological polar surface area (TPSA) is 168 Å². The van der Waals surface area contributed by atoms with E-state index in [9.17, 15) is 19.6 Å². The molecular formula is C31H31N7O3S2. The first-order valence-corrected chi connectivity index (χ1v) is 15.5. The van der Waals surface area contributed by atoms with Gasteiger partial charge >= 0.3 is 0 Å². The predicted molar refractivity (Wildman–Crippen MR) is 167 cm³/mol. The van der Waals surface area contributed by atoms with Crippen LogP contribution in [-0.4, -0.2) is 33.5 Å². The van der Waals surface area contributed by atoms with E-state index in [1.54, 1.807) is 29.2 Å². The summed E-state index contributed by atoms with van der Waals surface area (Å²) in [5.74, 6) is -1.36. The molecule has 5 rings (SSSR count). The third-order valence-corrected chi connectivity index (χ3v) is 9.52. The average Bonchev–Trinajstić information content (AvgIpc) is 3.43. The maximum atomic E-state index is 13.7. The number of para-hydroxylation sites is 1. The smallest absolute Gasteiger partial charge is 0.250 e. The van der Waals surface area contributed by atoms with Gasteiger partial charge in [-0.1, -0.05) is 80.3 Å². The van der Waals surface area contributed by atoms with Crippen molar-refractivity contribution in [1.82, 2.24) is 10.2 Å². The average molecular weight is 614 g/mol. The van der Waals surface area contributed by atoms with Crippen molar-refractivity contribution in [3.8, 4) is 6.07 Å². The number of thioether (sulfide) groups is 1. The van der Waals surface area contributed by atoms with Crippen molar-refractivity contribution in [2.45, 2.75) is 50.3 Å². The zero-order chi connectivity index (χ0) is 30.9. The highest BCUT2D eigenvalue weighted by Crippen LogP contribution is 2.50. The molecule has 0 saturated carbocycles. The molecule has 0 fully saturated rings. The number of nitriles is 1. The lowest BCUT2D eigenvalue weighted by molar-refractivity contribution is -0.118. The number of Topliss-reactive ketones (excluding diaryl/α,β-unsaturated/α-hetero) is 1. The summed E-state index contributed by atoms with van der Waals surface area (Å²) in [6.45, 7) is 6.14. The number of hydrogen-bond donors (Lipinski definition) is 3. The van der Waals surface area contributed by atoms with Crippen LogP contribution in [0.15, 0.2) is 75.5 Å². The first kappa shape index (κ1) is 30.0. The fraction of sp³-hybridized carbons (Fsp3) is 0.290. The van der Waals surface area contributed by atoms with Gasteiger partial charge in [-0.2, -0.15) is 5.26 Å². The van der Waals surface area contributed by atoms with Crippen molar-refractivity contribution < 1.29 is 14.4 Å². The third kappa shape index (κ3) is 6.04. The standard InChI is InChI=1S/C31H31N7O3S2/c1-4-17-9-11-18(12-10-17)25-20(15-32)27(33)38(22-13-31(2,3)14-23(39)26(22)25)29-36-37-30(43-29)42-16-24(40)35-21-8-6-5-7-19(21)28(34)41/h5-12,25H,4,13-14,16,33H2,1-3H3,(H2,34,41)(H,35,40). The number of benzene rings is 2. The van der Waals surface area contributed by atoms with E-state index in [0.29, 0.717) is 33.6 Å². The Bertz CT molecular complexity index is 1720. The monoisotopic (exact) mass is 613 g/mol. The number of hydrogen-bond acceptors (Lipinski definition) is 10. The van der Waals surface area contributed by atoms with E-state index in [1.165, 1.54) is 23.1 Å². The van der Waals surface area contributed by atoms with Gasteiger partial charge in [0.1, 0.15) is 5.82 Å². The minimum Gasteiger partial charge on any atom is -0.384 e. The van der Waals surface area contributed by atoms with Crippen LogP contribution in [0.1, 0.15) is 61.0 Å². The molecule has 1 aliphatic heterocycles. The predicted octanol–water partition coefficient (Wildman–Crippen LogP) is 4.87. The summed E-state index contributed by atoms with van der Waals surface area (Å²) in [5, 5.41) is 22.0. The number of nitrogens with two attached hydrogens (primary N) is 2. The van der Waals surface area contributed by atoms with Gasteiger partial charge in [0, 0.05) is 17.7 Å². The van der Waals surface area contributed by atoms with Crippen LogP contribution in [0.4, 0.5) is 10.8 Å². The summed E-state index contributed by atoms with van der Waals surface area (Å²) < 4.78 is 0.500. The Balaban J connectivity index is 1.45. The first-order chi connectivity index (χ1) is 20.5. The highest BCUT2D eigenvalue weighted by Gasteiger charge is 2.45. The summed E-state index contributed by atoms with van der Waals surface area (Å²) in [6, 6.07) is 16.8. The molecular weight excluding hydrogens is 583 g/mol. The minimum atomic E-state index is -0.639. The fourth-order valence-electron chi connectivity index (χ4n) is 5.48. The Morgan fingerprint density at radius 1 is 1.16 bits per heavy atom. The number of aromatic nitrogens is 2. The number of ketones is 1. The largest absolute Gasteiger partial charge is 0.384 e. The Morgan fingerprint density at radius 2 is 1.88 bits per heavy atom. The number of nitrogens with one attached hydrogen (secondary N) is 1. The molecule has 12 heteroatoms. The van der Waals surface area contributed by atoms with Gasteiger partial charge in [-0.25, -0.2) is 0 Å². The van der Waals surface area contributed by atoms with Crippen molar-refractivity contribution >= 4 is 51.5 Å². The molecule has 1 unspecified atom stereocenters. The Hall–Kier alpha value is -4.47. The number of carbonyl (C=O) groups is 3. The summed E-state index contributed by atoms with van der Waals surface area (Å²) in [4.78, 5) is 39.8. The highest BCUT2D eigenvalue weighted by atomic mass is 32.2. The van der Waals surface area contributed by atoms with E-state index < -0.39 is 11.8 Å². The van der Waals surface area contributed by atoms with Crippen LogP contribution in [0.2, 0.25) is 0 Å². The van der Waals surface area contributed by atoms with Gasteiger partial charge in [-0.05, 0) is 41.5 Å². The van der Waals surface area contributed by atoms with Crippen molar-refractivity contribution in [3.63, 3.8) is 0 Å². The van der Waals surface area contributed by atoms with E-state index >= 15 is 0 Å². The van der Waals surface area contributed by atoms with Crippen LogP contribution in [0.25, 0.3) is 0 Å². The van der Waals surface area contributed by atoms with Crippen LogP contribution < -0.4 is 21.7 Å². The molecule has 0 radical (unpaired) electrons. The fourth-order valence-corrected chi connectivity index (χ4v) is 7.16. The molecule has 0 bridgehead atoms. The van der Waals surface area contributed by atoms with Crippen LogP contribution in [0.5, 0.6) is 0 Å². The zero-order valence-corrected chi connectivity index (χ0v) is 25.6. The Labute approximate surface area is 257 Å². The van der Waals surface area contributed by atoms with Crippen molar-refractivity contribution in [2.75, 3.05) is 16.0 Å². The summed E-state index contributed by atoms with van der Waals surface area (Å²) in [6.07, 6.45) is 1.79. The lowest BCUT2D eigenvalue weighted by atomic mass is 9.68. The van der Waals surface area contributed by atoms with E-state index in [1.807, 2.05) is 38.1 Å². The quantitative estimate of drug-likeness (QED) is 0.300. The minimum absolute atomic E-state index is 0.00574. The number of amides is 2. The number of nitrogens with zero attached hydrogens (tertiary/aromatic N) is 4. The molecule has 10 nitrogen and oxygen atoms in total. The third-order valence-electron chi connectivity index (χ3n) is 7.48. The second-order valence-corrected chi connectivity index (χ2v) is 13.4. The number of aryl methyl sites for hydroxylation is 1. The van der Waals surface area contributed by atoms with Crippen molar-refractivity contribution in [1.29, 1.82) is 5.26 Å². The summed E-state index contributed by atoms with van der Waals surface area (Å²) >= 11 is 2.38. The Morgan fingerprint density at radius 3 is 2.56 bits per heavy atom. The molecule has 43 heavy (non-hydrogen) atoms. The lowest BCUT2D eigenvalue weighted by Crippen LogP contribution is -2.42. The molecule has 1 aromatic heterocycles. The normalized spacial score (nSPS) is 17.9. The van der Waals surface area contributed by atoms with Crippen LogP contribution in [0.3, 0.4) is 0 Å². The van der Waals surface area contributed by atoms with Crippen LogP contribution >= 0.6 is 23.1 Å². The maximum absolute atomic E-state index is 13.7. The van der Waals surface area contributed by atoms with E-state index in [0.717, 1.165) is 23.2 Å². The molecule has 1 aliphatic carbocycles. The number of carbonyl (C=O) groups excluding carboxylic acids is 3. The molecule has 2 amide bonds. The molecule has 3 aromatic rings. The van der Waals surface area contributed by atoms with E-state index in [4.69, 9.17) is 11.5 Å². The number of anilines is 2. The van der Waals surface area contributed by atoms with Crippen molar-refractivity contribution in [3.05, 3.63) is 87.9 Å². The molecule has 2 aromatic carbocycles. The molecule has 1 atom stereocenters. The number of primary amides is 1. The van der Waals surface area contributed by atoms with Gasteiger partial charge in [0.15, 0.2) is 10.1 Å². The second kappa shape index (κ2) is 12.0. The van der Waals surface area contributed by atoms with Gasteiger partial charge in [-0.3, -0.25) is 19.3 Å². The van der Waals surface area contributed by atoms with E-state index in [-0.39, 0.29) is 39.8 Å². The van der Waals surface area contributed by atoms with Crippen LogP contribution in [-0.2, 0) is 16.0 Å². The van der Waals surface area contributed by atoms with Gasteiger partial charge in [-0.15, -0.1) is 10.2 Å². The maximum Gasteiger partial charge on any atom is 0.250 e. The first-order valence-electron chi connectivity index (χ1n) is 13.7. The molecule has 5 N–H and O–H groups in total. The molecule has 2 aliphatic rings. The SMILES string of the molecule is CCc1ccc(C2C(C#N)=C(N)N(c3nnc(SCC(=O)Nc4ccccc4C(N)=O)s3)C3=C2C(=O)CC(C)(C)C3)cc1. The van der Waals surface area contributed by atoms with Gasteiger partial charge < -0.3 is 16.8 Å². The Kier molecular flexibility index (Phi) is 8.39. The van der Waals surface area contributed by atoms with E-state index in [2.05, 4.69) is 28.5 Å². The van der Waals surface area contributed by atoms with Gasteiger partial charge in [0.25, 0.3) is 5.91 Å². The molecule has 220 valence electrons. The summed E-state index contributed by atoms with van der Waals surface area (Å²) in [5.41, 5.74) is 15.9. The molecule has 0 saturated heterocycles. The number of allylic oxidation sites excluding steroid dienone is 3. The molecule has 2 heterocycles. The molecule has 0 spiro atoms. The highest BCUT2D eigenvalue weighted by molar-refractivity contribution is 8.01.